The van der Waals surface area contributed by atoms with E-state index in [4.69, 9.17) is 10.5 Å². The summed E-state index contributed by atoms with van der Waals surface area (Å²) in [5, 5.41) is 10.2. The number of methoxy groups -OCH3 is 1. The van der Waals surface area contributed by atoms with Crippen LogP contribution in [0.5, 0.6) is 11.5 Å². The van der Waals surface area contributed by atoms with Gasteiger partial charge in [0.15, 0.2) is 11.5 Å². The highest BCUT2D eigenvalue weighted by molar-refractivity contribution is 5.45. The molecule has 0 saturated carbocycles. The van der Waals surface area contributed by atoms with Crippen LogP contribution < -0.4 is 10.5 Å². The highest BCUT2D eigenvalue weighted by Gasteiger charge is 2.27. The van der Waals surface area contributed by atoms with E-state index in [1.54, 1.807) is 13.2 Å². The number of hydrogen-bond acceptors (Lipinski definition) is 4. The largest absolute Gasteiger partial charge is 0.504 e. The molecule has 1 heterocycles. The first-order valence-corrected chi connectivity index (χ1v) is 7.48. The van der Waals surface area contributed by atoms with Crippen molar-refractivity contribution < 1.29 is 9.84 Å². The first kappa shape index (κ1) is 15.1. The van der Waals surface area contributed by atoms with Gasteiger partial charge in [-0.3, -0.25) is 4.90 Å². The van der Waals surface area contributed by atoms with E-state index >= 15 is 0 Å². The van der Waals surface area contributed by atoms with Crippen molar-refractivity contribution >= 4 is 0 Å². The van der Waals surface area contributed by atoms with Gasteiger partial charge in [-0.15, -0.1) is 0 Å². The van der Waals surface area contributed by atoms with Crippen molar-refractivity contribution in [1.82, 2.24) is 4.90 Å². The molecule has 20 heavy (non-hydrogen) atoms. The number of hydrogen-bond donors (Lipinski definition) is 2. The van der Waals surface area contributed by atoms with Crippen molar-refractivity contribution in [3.63, 3.8) is 0 Å². The van der Waals surface area contributed by atoms with E-state index < -0.39 is 0 Å². The molecule has 4 heteroatoms. The number of likely N-dealkylation sites (tertiary alicyclic amines) is 1. The van der Waals surface area contributed by atoms with E-state index in [0.717, 1.165) is 31.0 Å². The molecule has 2 atom stereocenters. The zero-order valence-corrected chi connectivity index (χ0v) is 12.5. The first-order chi connectivity index (χ1) is 9.69. The molecular weight excluding hydrogens is 252 g/mol. The molecule has 0 aromatic heterocycles. The van der Waals surface area contributed by atoms with Gasteiger partial charge in [0.25, 0.3) is 0 Å². The molecule has 2 rings (SSSR count). The molecule has 1 aliphatic heterocycles. The summed E-state index contributed by atoms with van der Waals surface area (Å²) in [5.74, 6) is 1.58. The van der Waals surface area contributed by atoms with Crippen LogP contribution in [0.1, 0.15) is 31.7 Å². The van der Waals surface area contributed by atoms with Crippen molar-refractivity contribution in [2.24, 2.45) is 11.7 Å². The summed E-state index contributed by atoms with van der Waals surface area (Å²) in [7, 11) is 1.58. The molecule has 1 fully saturated rings. The minimum atomic E-state index is 0.253. The number of para-hydroxylation sites is 1. The quantitative estimate of drug-likeness (QED) is 0.868. The number of nitrogens with two attached hydrogens (primary N) is 1. The summed E-state index contributed by atoms with van der Waals surface area (Å²) in [5.41, 5.74) is 6.84. The van der Waals surface area contributed by atoms with Crippen LogP contribution in [0.4, 0.5) is 0 Å². The fraction of sp³-hybridized carbons (Fsp3) is 0.625. The van der Waals surface area contributed by atoms with Gasteiger partial charge in [0.2, 0.25) is 0 Å². The third-order valence-electron chi connectivity index (χ3n) is 4.47. The van der Waals surface area contributed by atoms with E-state index in [1.807, 2.05) is 12.1 Å². The van der Waals surface area contributed by atoms with E-state index in [9.17, 15) is 5.11 Å². The van der Waals surface area contributed by atoms with Crippen molar-refractivity contribution in [2.45, 2.75) is 38.8 Å². The molecule has 0 bridgehead atoms. The van der Waals surface area contributed by atoms with Crippen molar-refractivity contribution in [3.8, 4) is 11.5 Å². The van der Waals surface area contributed by atoms with Crippen molar-refractivity contribution in [2.75, 3.05) is 20.2 Å². The highest BCUT2D eigenvalue weighted by Crippen LogP contribution is 2.32. The number of rotatable bonds is 5. The van der Waals surface area contributed by atoms with Gasteiger partial charge in [0.05, 0.1) is 7.11 Å². The average molecular weight is 278 g/mol. The molecule has 2 unspecified atom stereocenters. The summed E-state index contributed by atoms with van der Waals surface area (Å²) in [6, 6.07) is 6.07. The van der Waals surface area contributed by atoms with Crippen LogP contribution in [0.3, 0.4) is 0 Å². The van der Waals surface area contributed by atoms with Gasteiger partial charge in [0, 0.05) is 24.7 Å². The Bertz CT molecular complexity index is 436. The third kappa shape index (κ3) is 3.25. The second kappa shape index (κ2) is 6.95. The molecule has 0 aliphatic carbocycles. The van der Waals surface area contributed by atoms with Crippen LogP contribution >= 0.6 is 0 Å². The summed E-state index contributed by atoms with van der Waals surface area (Å²) in [4.78, 5) is 2.39. The van der Waals surface area contributed by atoms with Crippen LogP contribution in [-0.4, -0.2) is 36.2 Å². The lowest BCUT2D eigenvalue weighted by Crippen LogP contribution is -2.46. The van der Waals surface area contributed by atoms with Crippen molar-refractivity contribution in [3.05, 3.63) is 23.8 Å². The normalized spacial score (nSPS) is 23.8. The maximum Gasteiger partial charge on any atom is 0.162 e. The van der Waals surface area contributed by atoms with Gasteiger partial charge in [-0.1, -0.05) is 25.5 Å². The SMILES string of the molecule is CCC1CCN(Cc2cccc(OC)c2O)C(CN)C1. The third-order valence-corrected chi connectivity index (χ3v) is 4.47. The average Bonchev–Trinajstić information content (AvgIpc) is 2.49. The predicted molar refractivity (Wildman–Crippen MR) is 80.9 cm³/mol. The lowest BCUT2D eigenvalue weighted by atomic mass is 9.88. The second-order valence-electron chi connectivity index (χ2n) is 5.63. The molecule has 1 aromatic carbocycles. The molecular formula is C16H26N2O2. The van der Waals surface area contributed by atoms with Gasteiger partial charge in [-0.2, -0.15) is 0 Å². The molecule has 4 nitrogen and oxygen atoms in total. The van der Waals surface area contributed by atoms with Crippen LogP contribution in [0, 0.1) is 5.92 Å². The highest BCUT2D eigenvalue weighted by atomic mass is 16.5. The minimum absolute atomic E-state index is 0.253. The lowest BCUT2D eigenvalue weighted by molar-refractivity contribution is 0.106. The molecule has 112 valence electrons. The number of nitrogens with zero attached hydrogens (tertiary/aromatic N) is 1. The van der Waals surface area contributed by atoms with Crippen LogP contribution in [0.25, 0.3) is 0 Å². The van der Waals surface area contributed by atoms with E-state index in [-0.39, 0.29) is 5.75 Å². The fourth-order valence-corrected chi connectivity index (χ4v) is 3.09. The minimum Gasteiger partial charge on any atom is -0.504 e. The Morgan fingerprint density at radius 1 is 1.45 bits per heavy atom. The van der Waals surface area contributed by atoms with Gasteiger partial charge in [0.1, 0.15) is 0 Å². The molecule has 1 aromatic rings. The number of phenols is 1. The van der Waals surface area contributed by atoms with Crippen LogP contribution in [0.15, 0.2) is 18.2 Å². The van der Waals surface area contributed by atoms with Gasteiger partial charge < -0.3 is 15.6 Å². The fourth-order valence-electron chi connectivity index (χ4n) is 3.09. The zero-order chi connectivity index (χ0) is 14.5. The van der Waals surface area contributed by atoms with E-state index in [2.05, 4.69) is 11.8 Å². The van der Waals surface area contributed by atoms with Crippen molar-refractivity contribution in [1.29, 1.82) is 0 Å². The first-order valence-electron chi connectivity index (χ1n) is 7.48. The Labute approximate surface area is 121 Å². The van der Waals surface area contributed by atoms with Gasteiger partial charge in [-0.05, 0) is 31.4 Å². The van der Waals surface area contributed by atoms with Crippen LogP contribution in [0.2, 0.25) is 0 Å². The Morgan fingerprint density at radius 3 is 2.90 bits per heavy atom. The lowest BCUT2D eigenvalue weighted by Gasteiger charge is -2.39. The number of aromatic hydroxyl groups is 1. The maximum atomic E-state index is 10.2. The Kier molecular flexibility index (Phi) is 5.26. The standard InChI is InChI=1S/C16H26N2O2/c1-3-12-7-8-18(14(9-12)10-17)11-13-5-4-6-15(20-2)16(13)19/h4-6,12,14,19H,3,7-11,17H2,1-2H3. The Hall–Kier alpha value is -1.26. The van der Waals surface area contributed by atoms with Gasteiger partial charge in [-0.25, -0.2) is 0 Å². The molecule has 0 spiro atoms. The smallest absolute Gasteiger partial charge is 0.162 e. The number of benzene rings is 1. The number of phenolic OH excluding ortho intramolecular Hbond substituents is 1. The monoisotopic (exact) mass is 278 g/mol. The Balaban J connectivity index is 2.09. The van der Waals surface area contributed by atoms with Gasteiger partial charge >= 0.3 is 0 Å². The number of ether oxygens (including phenoxy) is 1. The molecule has 1 saturated heterocycles. The summed E-state index contributed by atoms with van der Waals surface area (Å²) >= 11 is 0. The Morgan fingerprint density at radius 2 is 2.25 bits per heavy atom. The zero-order valence-electron chi connectivity index (χ0n) is 12.5. The molecule has 3 N–H and O–H groups in total. The summed E-state index contributed by atoms with van der Waals surface area (Å²) in [6.07, 6.45) is 3.62. The molecule has 0 amide bonds. The second-order valence-corrected chi connectivity index (χ2v) is 5.63. The van der Waals surface area contributed by atoms with Crippen LogP contribution in [-0.2, 0) is 6.54 Å². The number of piperidine rings is 1. The summed E-state index contributed by atoms with van der Waals surface area (Å²) in [6.45, 7) is 4.72. The van der Waals surface area contributed by atoms with E-state index in [1.165, 1.54) is 12.8 Å². The topological polar surface area (TPSA) is 58.7 Å². The molecule has 0 radical (unpaired) electrons. The predicted octanol–water partition coefficient (Wildman–Crippen LogP) is 2.35. The summed E-state index contributed by atoms with van der Waals surface area (Å²) < 4.78 is 5.17. The maximum absolute atomic E-state index is 10.2. The molecule has 1 aliphatic rings. The van der Waals surface area contributed by atoms with E-state index in [0.29, 0.717) is 18.3 Å².